The SMILES string of the molecule is CCCCC(C)C(=O)N1CCC(F)(C(=O)O)C1. The van der Waals surface area contributed by atoms with Gasteiger partial charge >= 0.3 is 5.97 Å². The molecule has 0 aromatic rings. The highest BCUT2D eigenvalue weighted by atomic mass is 19.1. The quantitative estimate of drug-likeness (QED) is 0.804. The maximum absolute atomic E-state index is 13.8. The van der Waals surface area contributed by atoms with Crippen molar-refractivity contribution in [3.63, 3.8) is 0 Å². The number of carboxylic acids is 1. The number of likely N-dealkylation sites (tertiary alicyclic amines) is 1. The summed E-state index contributed by atoms with van der Waals surface area (Å²) in [5, 5.41) is 8.74. The zero-order valence-electron chi connectivity index (χ0n) is 10.4. The minimum atomic E-state index is -2.25. The number of alkyl halides is 1. The number of carbonyl (C=O) groups is 2. The summed E-state index contributed by atoms with van der Waals surface area (Å²) in [6, 6.07) is 0. The minimum Gasteiger partial charge on any atom is -0.479 e. The molecule has 0 aromatic heterocycles. The van der Waals surface area contributed by atoms with Crippen LogP contribution >= 0.6 is 0 Å². The highest BCUT2D eigenvalue weighted by Crippen LogP contribution is 2.27. The van der Waals surface area contributed by atoms with Crippen molar-refractivity contribution in [2.45, 2.75) is 45.2 Å². The van der Waals surface area contributed by atoms with Gasteiger partial charge in [0.2, 0.25) is 11.6 Å². The van der Waals surface area contributed by atoms with Gasteiger partial charge in [0.15, 0.2) is 0 Å². The molecule has 1 aliphatic heterocycles. The highest BCUT2D eigenvalue weighted by molar-refractivity contribution is 5.83. The summed E-state index contributed by atoms with van der Waals surface area (Å²) in [6.45, 7) is 3.76. The van der Waals surface area contributed by atoms with Gasteiger partial charge in [-0.3, -0.25) is 4.79 Å². The summed E-state index contributed by atoms with van der Waals surface area (Å²) < 4.78 is 13.8. The van der Waals surface area contributed by atoms with E-state index in [1.54, 1.807) is 0 Å². The Morgan fingerprint density at radius 2 is 2.18 bits per heavy atom. The average Bonchev–Trinajstić information content (AvgIpc) is 2.69. The third-order valence-corrected chi connectivity index (χ3v) is 3.33. The number of halogens is 1. The van der Waals surface area contributed by atoms with E-state index in [0.29, 0.717) is 0 Å². The second kappa shape index (κ2) is 5.47. The van der Waals surface area contributed by atoms with Crippen LogP contribution in [0.3, 0.4) is 0 Å². The van der Waals surface area contributed by atoms with E-state index in [1.807, 2.05) is 13.8 Å². The van der Waals surface area contributed by atoms with Gasteiger partial charge in [0.1, 0.15) is 0 Å². The van der Waals surface area contributed by atoms with E-state index >= 15 is 0 Å². The Bertz CT molecular complexity index is 308. The number of carbonyl (C=O) groups excluding carboxylic acids is 1. The van der Waals surface area contributed by atoms with Crippen molar-refractivity contribution in [3.05, 3.63) is 0 Å². The first-order valence-electron chi connectivity index (χ1n) is 6.12. The molecule has 2 atom stereocenters. The van der Waals surface area contributed by atoms with Crippen molar-refractivity contribution >= 4 is 11.9 Å². The largest absolute Gasteiger partial charge is 0.479 e. The fourth-order valence-corrected chi connectivity index (χ4v) is 2.08. The van der Waals surface area contributed by atoms with Crippen molar-refractivity contribution < 1.29 is 19.1 Å². The summed E-state index contributed by atoms with van der Waals surface area (Å²) in [4.78, 5) is 24.0. The summed E-state index contributed by atoms with van der Waals surface area (Å²) in [5.74, 6) is -1.74. The lowest BCUT2D eigenvalue weighted by molar-refractivity contribution is -0.150. The first-order valence-corrected chi connectivity index (χ1v) is 6.12. The number of amides is 1. The molecule has 17 heavy (non-hydrogen) atoms. The predicted molar refractivity (Wildman–Crippen MR) is 61.4 cm³/mol. The van der Waals surface area contributed by atoms with Crippen LogP contribution < -0.4 is 0 Å². The molecule has 0 aliphatic carbocycles. The summed E-state index contributed by atoms with van der Waals surface area (Å²) in [6.07, 6.45) is 2.65. The Labute approximate surface area is 101 Å². The van der Waals surface area contributed by atoms with Crippen LogP contribution in [0.5, 0.6) is 0 Å². The third kappa shape index (κ3) is 3.17. The van der Waals surface area contributed by atoms with Gasteiger partial charge in [-0.1, -0.05) is 26.7 Å². The van der Waals surface area contributed by atoms with Gasteiger partial charge in [-0.15, -0.1) is 0 Å². The topological polar surface area (TPSA) is 57.6 Å². The number of aliphatic carboxylic acids is 1. The number of unbranched alkanes of at least 4 members (excludes halogenated alkanes) is 1. The second-order valence-electron chi connectivity index (χ2n) is 4.82. The molecule has 1 amide bonds. The number of hydrogen-bond acceptors (Lipinski definition) is 2. The van der Waals surface area contributed by atoms with E-state index in [9.17, 15) is 14.0 Å². The standard InChI is InChI=1S/C12H20FNO3/c1-3-4-5-9(2)10(15)14-7-6-12(13,8-14)11(16)17/h9H,3-8H2,1-2H3,(H,16,17). The van der Waals surface area contributed by atoms with Gasteiger partial charge in [-0.25, -0.2) is 9.18 Å². The van der Waals surface area contributed by atoms with E-state index in [2.05, 4.69) is 0 Å². The van der Waals surface area contributed by atoms with Crippen LogP contribution in [0.25, 0.3) is 0 Å². The van der Waals surface area contributed by atoms with Crippen molar-refractivity contribution in [3.8, 4) is 0 Å². The molecule has 1 N–H and O–H groups in total. The van der Waals surface area contributed by atoms with Gasteiger partial charge in [0.25, 0.3) is 0 Å². The Balaban J connectivity index is 2.53. The van der Waals surface area contributed by atoms with E-state index in [1.165, 1.54) is 4.90 Å². The number of hydrogen-bond donors (Lipinski definition) is 1. The first kappa shape index (κ1) is 13.9. The molecular weight excluding hydrogens is 225 g/mol. The monoisotopic (exact) mass is 245 g/mol. The zero-order chi connectivity index (χ0) is 13.1. The summed E-state index contributed by atoms with van der Waals surface area (Å²) in [7, 11) is 0. The molecule has 1 heterocycles. The highest BCUT2D eigenvalue weighted by Gasteiger charge is 2.47. The minimum absolute atomic E-state index is 0.103. The molecule has 0 radical (unpaired) electrons. The van der Waals surface area contributed by atoms with Gasteiger partial charge in [-0.2, -0.15) is 0 Å². The smallest absolute Gasteiger partial charge is 0.343 e. The summed E-state index contributed by atoms with van der Waals surface area (Å²) >= 11 is 0. The molecule has 4 nitrogen and oxygen atoms in total. The van der Waals surface area contributed by atoms with Crippen LogP contribution in [0.1, 0.15) is 39.5 Å². The Kier molecular flexibility index (Phi) is 4.48. The number of carboxylic acid groups (broad SMARTS) is 1. The van der Waals surface area contributed by atoms with E-state index in [-0.39, 0.29) is 31.3 Å². The molecule has 0 saturated carbocycles. The lowest BCUT2D eigenvalue weighted by Gasteiger charge is -2.21. The van der Waals surface area contributed by atoms with Crippen molar-refractivity contribution in [1.82, 2.24) is 4.90 Å². The van der Waals surface area contributed by atoms with Crippen LogP contribution in [0.2, 0.25) is 0 Å². The number of rotatable bonds is 5. The molecule has 0 bridgehead atoms. The lowest BCUT2D eigenvalue weighted by atomic mass is 10.0. The van der Waals surface area contributed by atoms with Gasteiger partial charge in [0.05, 0.1) is 6.54 Å². The molecular formula is C12H20FNO3. The normalized spacial score (nSPS) is 25.9. The zero-order valence-corrected chi connectivity index (χ0v) is 10.4. The molecule has 1 rings (SSSR count). The van der Waals surface area contributed by atoms with Gasteiger partial charge in [-0.05, 0) is 6.42 Å². The molecule has 1 aliphatic rings. The molecule has 0 spiro atoms. The Hall–Kier alpha value is -1.13. The summed E-state index contributed by atoms with van der Waals surface area (Å²) in [5.41, 5.74) is -2.25. The molecule has 1 saturated heterocycles. The molecule has 98 valence electrons. The van der Waals surface area contributed by atoms with Crippen LogP contribution in [0.15, 0.2) is 0 Å². The first-order chi connectivity index (χ1) is 7.90. The number of nitrogens with zero attached hydrogens (tertiary/aromatic N) is 1. The van der Waals surface area contributed by atoms with Gasteiger partial charge < -0.3 is 10.0 Å². The van der Waals surface area contributed by atoms with E-state index < -0.39 is 11.6 Å². The maximum Gasteiger partial charge on any atom is 0.343 e. The molecule has 5 heteroatoms. The second-order valence-corrected chi connectivity index (χ2v) is 4.82. The van der Waals surface area contributed by atoms with Gasteiger partial charge in [0, 0.05) is 18.9 Å². The molecule has 1 fully saturated rings. The molecule has 2 unspecified atom stereocenters. The predicted octanol–water partition coefficient (Wildman–Crippen LogP) is 1.84. The maximum atomic E-state index is 13.8. The van der Waals surface area contributed by atoms with Crippen molar-refractivity contribution in [2.24, 2.45) is 5.92 Å². The van der Waals surface area contributed by atoms with Crippen LogP contribution in [0.4, 0.5) is 4.39 Å². The fraction of sp³-hybridized carbons (Fsp3) is 0.833. The third-order valence-electron chi connectivity index (χ3n) is 3.33. The van der Waals surface area contributed by atoms with Crippen molar-refractivity contribution in [1.29, 1.82) is 0 Å². The lowest BCUT2D eigenvalue weighted by Crippen LogP contribution is -2.40. The fourth-order valence-electron chi connectivity index (χ4n) is 2.08. The average molecular weight is 245 g/mol. The van der Waals surface area contributed by atoms with E-state index in [4.69, 9.17) is 5.11 Å². The molecule has 0 aromatic carbocycles. The van der Waals surface area contributed by atoms with Crippen LogP contribution in [-0.4, -0.2) is 40.6 Å². The Morgan fingerprint density at radius 1 is 1.53 bits per heavy atom. The van der Waals surface area contributed by atoms with Crippen LogP contribution in [0, 0.1) is 5.92 Å². The van der Waals surface area contributed by atoms with E-state index in [0.717, 1.165) is 19.3 Å². The van der Waals surface area contributed by atoms with Crippen molar-refractivity contribution in [2.75, 3.05) is 13.1 Å². The Morgan fingerprint density at radius 3 is 2.65 bits per heavy atom. The van der Waals surface area contributed by atoms with Crippen LogP contribution in [-0.2, 0) is 9.59 Å².